The number of nitrogens with one attached hydrogen (secondary N) is 2. The van der Waals surface area contributed by atoms with Gasteiger partial charge in [0.25, 0.3) is 17.4 Å². The fraction of sp³-hybridized carbons (Fsp3) is 0.400. The number of fused-ring (bicyclic) bond motifs is 3. The van der Waals surface area contributed by atoms with Gasteiger partial charge in [0.15, 0.2) is 5.82 Å². The molecule has 3 N–H and O–H groups in total. The Morgan fingerprint density at radius 2 is 1.93 bits per heavy atom. The number of nitriles is 1. The van der Waals surface area contributed by atoms with Gasteiger partial charge in [0.05, 0.1) is 31.6 Å². The molecule has 54 heavy (non-hydrogen) atoms. The van der Waals surface area contributed by atoms with Crippen molar-refractivity contribution in [2.24, 2.45) is 12.5 Å². The van der Waals surface area contributed by atoms with Crippen LogP contribution in [0.15, 0.2) is 65.2 Å². The van der Waals surface area contributed by atoms with Gasteiger partial charge in [0.2, 0.25) is 0 Å². The molecule has 280 valence electrons. The standard InChI is InChI=1S/C40H45N9O5/c1-39(2)16-24-14-32-37(52)49(13-12-48(32)33(24)18-39)35-30(21-50)29(10-11-42-35)31-20-46(5)38(53)34(45-31)43-26-8-7-9-27(15-26)44-36(51)25(19-41)17-40(3,4)47(6)28-22-54-23-28/h7-11,14-15,17,20,28,50H,12-13,16,18,21-23H2,1-6H3,(H,43,45)(H,44,51)/b25-17-. The molecule has 14 heteroatoms. The Kier molecular flexibility index (Phi) is 9.51. The summed E-state index contributed by atoms with van der Waals surface area (Å²) in [6.45, 7) is 10.2. The number of aliphatic hydroxyl groups excluding tert-OH is 1. The van der Waals surface area contributed by atoms with Gasteiger partial charge in [-0.05, 0) is 81.1 Å². The number of rotatable bonds is 10. The lowest BCUT2D eigenvalue weighted by molar-refractivity contribution is -0.112. The minimum absolute atomic E-state index is 0.00687. The van der Waals surface area contributed by atoms with Crippen molar-refractivity contribution in [3.05, 3.63) is 93.3 Å². The van der Waals surface area contributed by atoms with Crippen LogP contribution >= 0.6 is 0 Å². The number of pyridine rings is 1. The molecule has 3 aliphatic rings. The molecule has 0 bridgehead atoms. The van der Waals surface area contributed by atoms with Crippen LogP contribution in [0.2, 0.25) is 0 Å². The quantitative estimate of drug-likeness (QED) is 0.159. The van der Waals surface area contributed by atoms with Gasteiger partial charge < -0.3 is 29.6 Å². The van der Waals surface area contributed by atoms with Crippen LogP contribution in [0.4, 0.5) is 23.0 Å². The van der Waals surface area contributed by atoms with Crippen molar-refractivity contribution in [2.75, 3.05) is 42.3 Å². The van der Waals surface area contributed by atoms with E-state index in [1.807, 2.05) is 33.0 Å². The van der Waals surface area contributed by atoms with Crippen molar-refractivity contribution in [1.82, 2.24) is 24.0 Å². The number of hydrogen-bond acceptors (Lipinski definition) is 10. The van der Waals surface area contributed by atoms with E-state index in [1.165, 1.54) is 15.8 Å². The number of likely N-dealkylation sites (N-methyl/N-ethyl adjacent to an activating group) is 1. The molecule has 0 saturated carbocycles. The summed E-state index contributed by atoms with van der Waals surface area (Å²) in [6.07, 6.45) is 6.64. The second kappa shape index (κ2) is 14.0. The normalized spacial score (nSPS) is 16.8. The smallest absolute Gasteiger partial charge is 0.293 e. The predicted octanol–water partition coefficient (Wildman–Crippen LogP) is 4.16. The van der Waals surface area contributed by atoms with E-state index in [9.17, 15) is 24.8 Å². The van der Waals surface area contributed by atoms with Gasteiger partial charge >= 0.3 is 0 Å². The molecule has 0 radical (unpaired) electrons. The molecule has 0 atom stereocenters. The summed E-state index contributed by atoms with van der Waals surface area (Å²) >= 11 is 0. The number of carbonyl (C=O) groups is 2. The zero-order valence-electron chi connectivity index (χ0n) is 31.4. The van der Waals surface area contributed by atoms with E-state index in [1.54, 1.807) is 60.7 Å². The van der Waals surface area contributed by atoms with E-state index in [4.69, 9.17) is 4.74 Å². The molecule has 1 aromatic carbocycles. The summed E-state index contributed by atoms with van der Waals surface area (Å²) in [4.78, 5) is 53.4. The first-order chi connectivity index (χ1) is 25.7. The molecule has 1 aliphatic carbocycles. The number of aromatic nitrogens is 4. The SMILES string of the molecule is CN(C1COC1)C(C)(C)/C=C(/C#N)C(=O)Nc1cccc(Nc2nc(-c3ccnc(N4CCn5c(cc6c5CC(C)(C)C6)C4=O)c3CO)cn(C)c2=O)c1. The topological polar surface area (TPSA) is 171 Å². The van der Waals surface area contributed by atoms with E-state index in [0.29, 0.717) is 66.0 Å². The molecule has 3 aromatic heterocycles. The van der Waals surface area contributed by atoms with Crippen molar-refractivity contribution < 1.29 is 19.4 Å². The number of carbonyl (C=O) groups excluding carboxylic acids is 2. The molecule has 2 amide bonds. The highest BCUT2D eigenvalue weighted by atomic mass is 16.5. The van der Waals surface area contributed by atoms with Gasteiger partial charge in [-0.2, -0.15) is 5.26 Å². The van der Waals surface area contributed by atoms with Crippen LogP contribution in [0.25, 0.3) is 11.3 Å². The van der Waals surface area contributed by atoms with Gasteiger partial charge in [0.1, 0.15) is 23.2 Å². The van der Waals surface area contributed by atoms with E-state index in [-0.39, 0.29) is 28.8 Å². The van der Waals surface area contributed by atoms with Gasteiger partial charge in [-0.3, -0.25) is 24.2 Å². The molecule has 1 fully saturated rings. The van der Waals surface area contributed by atoms with Gasteiger partial charge in [0, 0.05) is 66.3 Å². The Morgan fingerprint density at radius 3 is 2.63 bits per heavy atom. The Labute approximate surface area is 313 Å². The summed E-state index contributed by atoms with van der Waals surface area (Å²) < 4.78 is 8.82. The summed E-state index contributed by atoms with van der Waals surface area (Å²) in [5, 5.41) is 26.4. The molecule has 1 saturated heterocycles. The number of nitrogens with zero attached hydrogens (tertiary/aromatic N) is 7. The first-order valence-electron chi connectivity index (χ1n) is 18.0. The van der Waals surface area contributed by atoms with Crippen LogP contribution in [0.3, 0.4) is 0 Å². The second-order valence-electron chi connectivity index (χ2n) is 15.6. The van der Waals surface area contributed by atoms with Crippen LogP contribution in [-0.4, -0.2) is 79.3 Å². The predicted molar refractivity (Wildman–Crippen MR) is 204 cm³/mol. The van der Waals surface area contributed by atoms with Crippen molar-refractivity contribution >= 4 is 34.8 Å². The van der Waals surface area contributed by atoms with Gasteiger partial charge in [-0.25, -0.2) is 9.97 Å². The van der Waals surface area contributed by atoms with Crippen LogP contribution in [0.5, 0.6) is 0 Å². The third kappa shape index (κ3) is 6.82. The first-order valence-corrected chi connectivity index (χ1v) is 18.0. The lowest BCUT2D eigenvalue weighted by atomic mass is 9.90. The Hall–Kier alpha value is -5.62. The van der Waals surface area contributed by atoms with Crippen molar-refractivity contribution in [3.63, 3.8) is 0 Å². The molecule has 14 nitrogen and oxygen atoms in total. The van der Waals surface area contributed by atoms with Crippen LogP contribution < -0.4 is 21.1 Å². The number of ether oxygens (including phenoxy) is 1. The zero-order chi connectivity index (χ0) is 38.5. The largest absolute Gasteiger partial charge is 0.392 e. The lowest BCUT2D eigenvalue weighted by Crippen LogP contribution is -2.55. The molecule has 0 unspecified atom stereocenters. The minimum Gasteiger partial charge on any atom is -0.392 e. The lowest BCUT2D eigenvalue weighted by Gasteiger charge is -2.43. The maximum absolute atomic E-state index is 13.9. The number of amides is 2. The van der Waals surface area contributed by atoms with E-state index in [2.05, 4.69) is 43.9 Å². The van der Waals surface area contributed by atoms with Crippen LogP contribution in [0, 0.1) is 16.7 Å². The fourth-order valence-corrected chi connectivity index (χ4v) is 7.57. The maximum atomic E-state index is 13.9. The highest BCUT2D eigenvalue weighted by molar-refractivity contribution is 6.07. The number of aliphatic hydroxyl groups is 1. The summed E-state index contributed by atoms with van der Waals surface area (Å²) in [5.74, 6) is -0.380. The average molecular weight is 732 g/mol. The zero-order valence-corrected chi connectivity index (χ0v) is 31.4. The number of benzene rings is 1. The van der Waals surface area contributed by atoms with Gasteiger partial charge in [-0.1, -0.05) is 19.9 Å². The van der Waals surface area contributed by atoms with Crippen molar-refractivity contribution in [3.8, 4) is 17.3 Å². The molecule has 2 aliphatic heterocycles. The Morgan fingerprint density at radius 1 is 1.17 bits per heavy atom. The highest BCUT2D eigenvalue weighted by Gasteiger charge is 2.38. The number of hydrogen-bond donors (Lipinski definition) is 3. The van der Waals surface area contributed by atoms with E-state index in [0.717, 1.165) is 12.8 Å². The van der Waals surface area contributed by atoms with Crippen LogP contribution in [0.1, 0.15) is 55.0 Å². The molecular weight excluding hydrogens is 686 g/mol. The summed E-state index contributed by atoms with van der Waals surface area (Å²) in [7, 11) is 3.54. The maximum Gasteiger partial charge on any atom is 0.293 e. The second-order valence-corrected chi connectivity index (χ2v) is 15.6. The number of anilines is 4. The monoisotopic (exact) mass is 731 g/mol. The van der Waals surface area contributed by atoms with Crippen molar-refractivity contribution in [1.29, 1.82) is 5.26 Å². The van der Waals surface area contributed by atoms with E-state index < -0.39 is 23.6 Å². The minimum atomic E-state index is -0.574. The van der Waals surface area contributed by atoms with Crippen LogP contribution in [-0.2, 0) is 42.6 Å². The fourth-order valence-electron chi connectivity index (χ4n) is 7.57. The van der Waals surface area contributed by atoms with E-state index >= 15 is 0 Å². The summed E-state index contributed by atoms with van der Waals surface area (Å²) in [5.41, 5.74) is 4.41. The molecular formula is C40H45N9O5. The average Bonchev–Trinajstić information content (AvgIpc) is 3.60. The highest BCUT2D eigenvalue weighted by Crippen LogP contribution is 2.40. The molecule has 7 rings (SSSR count). The molecule has 0 spiro atoms. The molecule has 5 heterocycles. The molecule has 4 aromatic rings. The third-order valence-electron chi connectivity index (χ3n) is 10.7. The van der Waals surface area contributed by atoms with Gasteiger partial charge in [-0.15, -0.1) is 0 Å². The summed E-state index contributed by atoms with van der Waals surface area (Å²) in [6, 6.07) is 12.7. The Balaban J connectivity index is 1.13. The van der Waals surface area contributed by atoms with Crippen molar-refractivity contribution in [2.45, 2.75) is 65.3 Å². The number of aryl methyl sites for hydroxylation is 1. The Bertz CT molecular complexity index is 2290. The third-order valence-corrected chi connectivity index (χ3v) is 10.7. The first kappa shape index (κ1) is 36.7.